The molecular weight excluding hydrogens is 433 g/mol. The van der Waals surface area contributed by atoms with Crippen molar-refractivity contribution >= 4 is 35.0 Å². The van der Waals surface area contributed by atoms with Crippen LogP contribution in [-0.4, -0.2) is 38.9 Å². The smallest absolute Gasteiger partial charge is 0.234 e. The first-order valence-corrected chi connectivity index (χ1v) is 11.1. The highest BCUT2D eigenvalue weighted by atomic mass is 32.2. The summed E-state index contributed by atoms with van der Waals surface area (Å²) in [7, 11) is 0. The number of halogens is 1. The maximum absolute atomic E-state index is 13.7. The van der Waals surface area contributed by atoms with Gasteiger partial charge < -0.3 is 19.9 Å². The van der Waals surface area contributed by atoms with E-state index < -0.39 is 11.7 Å². The van der Waals surface area contributed by atoms with Crippen molar-refractivity contribution in [2.45, 2.75) is 32.0 Å². The highest BCUT2D eigenvalue weighted by Gasteiger charge is 2.17. The van der Waals surface area contributed by atoms with Gasteiger partial charge in [0.25, 0.3) is 0 Å². The van der Waals surface area contributed by atoms with Crippen LogP contribution in [0.5, 0.6) is 5.75 Å². The number of para-hydroxylation sites is 3. The van der Waals surface area contributed by atoms with Crippen molar-refractivity contribution in [3.8, 4) is 5.75 Å². The Morgan fingerprint density at radius 3 is 2.41 bits per heavy atom. The number of aromatic nitrogens is 3. The average molecular weight is 458 g/mol. The molecule has 0 bridgehead atoms. The molecule has 10 heteroatoms. The number of carbonyl (C=O) groups is 2. The molecule has 0 saturated heterocycles. The summed E-state index contributed by atoms with van der Waals surface area (Å²) in [5.41, 5.74) is 0.709. The Balaban J connectivity index is 1.59. The zero-order valence-electron chi connectivity index (χ0n) is 17.8. The lowest BCUT2D eigenvalue weighted by Crippen LogP contribution is -2.18. The van der Waals surface area contributed by atoms with Crippen LogP contribution in [0.2, 0.25) is 0 Å². The number of hydrogen-bond acceptors (Lipinski definition) is 6. The lowest BCUT2D eigenvalue weighted by molar-refractivity contribution is -0.116. The van der Waals surface area contributed by atoms with Crippen molar-refractivity contribution in [2.24, 2.45) is 0 Å². The molecule has 3 aromatic rings. The molecule has 0 unspecified atom stereocenters. The van der Waals surface area contributed by atoms with Gasteiger partial charge >= 0.3 is 0 Å². The Morgan fingerprint density at radius 1 is 1.00 bits per heavy atom. The van der Waals surface area contributed by atoms with Gasteiger partial charge in [0.15, 0.2) is 5.16 Å². The van der Waals surface area contributed by atoms with E-state index >= 15 is 0 Å². The largest absolute Gasteiger partial charge is 0.492 e. The van der Waals surface area contributed by atoms with Crippen LogP contribution in [0.25, 0.3) is 0 Å². The van der Waals surface area contributed by atoms with Crippen LogP contribution in [0.1, 0.15) is 19.7 Å². The number of rotatable bonds is 10. The topological polar surface area (TPSA) is 98.1 Å². The third-order valence-electron chi connectivity index (χ3n) is 4.37. The van der Waals surface area contributed by atoms with E-state index in [1.54, 1.807) is 28.8 Å². The van der Waals surface area contributed by atoms with E-state index in [0.29, 0.717) is 35.6 Å². The van der Waals surface area contributed by atoms with Crippen molar-refractivity contribution in [3.63, 3.8) is 0 Å². The molecule has 2 N–H and O–H groups in total. The predicted molar refractivity (Wildman–Crippen MR) is 121 cm³/mol. The van der Waals surface area contributed by atoms with Crippen molar-refractivity contribution < 1.29 is 18.7 Å². The van der Waals surface area contributed by atoms with Gasteiger partial charge in [-0.15, -0.1) is 10.2 Å². The minimum Gasteiger partial charge on any atom is -0.492 e. The van der Waals surface area contributed by atoms with Crippen LogP contribution in [-0.2, 0) is 22.6 Å². The highest BCUT2D eigenvalue weighted by Crippen LogP contribution is 2.24. The molecule has 0 aliphatic heterocycles. The fourth-order valence-corrected chi connectivity index (χ4v) is 3.76. The van der Waals surface area contributed by atoms with Crippen LogP contribution in [0.15, 0.2) is 53.7 Å². The van der Waals surface area contributed by atoms with Crippen LogP contribution in [0.4, 0.5) is 15.8 Å². The van der Waals surface area contributed by atoms with Crippen LogP contribution >= 0.6 is 11.8 Å². The summed E-state index contributed by atoms with van der Waals surface area (Å²) in [4.78, 5) is 24.7. The fourth-order valence-electron chi connectivity index (χ4n) is 2.94. The molecule has 0 aliphatic carbocycles. The molecule has 8 nitrogen and oxygen atoms in total. The quantitative estimate of drug-likeness (QED) is 0.450. The van der Waals surface area contributed by atoms with Crippen molar-refractivity contribution in [2.75, 3.05) is 23.0 Å². The van der Waals surface area contributed by atoms with E-state index in [1.165, 1.54) is 23.9 Å². The van der Waals surface area contributed by atoms with Crippen LogP contribution in [0.3, 0.4) is 0 Å². The number of ether oxygens (including phenoxy) is 1. The zero-order chi connectivity index (χ0) is 22.9. The van der Waals surface area contributed by atoms with Gasteiger partial charge in [-0.05, 0) is 38.1 Å². The number of anilines is 2. The Kier molecular flexibility index (Phi) is 8.20. The summed E-state index contributed by atoms with van der Waals surface area (Å²) in [6.07, 6.45) is -0.0658. The first-order chi connectivity index (χ1) is 15.5. The SMILES string of the molecule is CCOc1ccccc1NC(=O)CSc1nnc(CC(=O)Nc2ccccc2F)n1CC. The predicted octanol–water partition coefficient (Wildman–Crippen LogP) is 3.75. The number of amides is 2. The monoisotopic (exact) mass is 457 g/mol. The molecule has 0 atom stereocenters. The molecule has 0 aliphatic rings. The molecule has 0 fully saturated rings. The molecule has 1 aromatic heterocycles. The molecule has 0 spiro atoms. The summed E-state index contributed by atoms with van der Waals surface area (Å²) < 4.78 is 21.0. The van der Waals surface area contributed by atoms with Gasteiger partial charge in [-0.3, -0.25) is 9.59 Å². The van der Waals surface area contributed by atoms with Crippen LogP contribution < -0.4 is 15.4 Å². The van der Waals surface area contributed by atoms with Crippen molar-refractivity contribution in [1.29, 1.82) is 0 Å². The number of benzene rings is 2. The maximum atomic E-state index is 13.7. The van der Waals surface area contributed by atoms with Crippen molar-refractivity contribution in [1.82, 2.24) is 14.8 Å². The second-order valence-electron chi connectivity index (χ2n) is 6.61. The van der Waals surface area contributed by atoms with E-state index in [4.69, 9.17) is 4.74 Å². The Labute approximate surface area is 189 Å². The lowest BCUT2D eigenvalue weighted by atomic mass is 10.3. The molecule has 2 amide bonds. The Bertz CT molecular complexity index is 1090. The Hall–Kier alpha value is -3.40. The first kappa shape index (κ1) is 23.3. The van der Waals surface area contributed by atoms with Gasteiger partial charge in [0.05, 0.1) is 30.2 Å². The van der Waals surface area contributed by atoms with Gasteiger partial charge in [-0.25, -0.2) is 4.39 Å². The average Bonchev–Trinajstić information content (AvgIpc) is 3.16. The van der Waals surface area contributed by atoms with E-state index in [2.05, 4.69) is 20.8 Å². The molecule has 32 heavy (non-hydrogen) atoms. The van der Waals surface area contributed by atoms with Crippen LogP contribution in [0, 0.1) is 5.82 Å². The third kappa shape index (κ3) is 6.07. The second kappa shape index (κ2) is 11.3. The molecule has 0 radical (unpaired) electrons. The van der Waals surface area contributed by atoms with Gasteiger partial charge in [0.2, 0.25) is 11.8 Å². The molecule has 3 rings (SSSR count). The summed E-state index contributed by atoms with van der Waals surface area (Å²) in [6, 6.07) is 13.2. The fraction of sp³-hybridized carbons (Fsp3) is 0.273. The normalized spacial score (nSPS) is 10.6. The number of thioether (sulfide) groups is 1. The molecule has 1 heterocycles. The highest BCUT2D eigenvalue weighted by molar-refractivity contribution is 7.99. The van der Waals surface area contributed by atoms with Crippen molar-refractivity contribution in [3.05, 3.63) is 60.2 Å². The number of nitrogens with one attached hydrogen (secondary N) is 2. The number of hydrogen-bond donors (Lipinski definition) is 2. The summed E-state index contributed by atoms with van der Waals surface area (Å²) >= 11 is 1.22. The first-order valence-electron chi connectivity index (χ1n) is 10.1. The van der Waals surface area contributed by atoms with Gasteiger partial charge in [-0.2, -0.15) is 0 Å². The van der Waals surface area contributed by atoms with E-state index in [9.17, 15) is 14.0 Å². The summed E-state index contributed by atoms with van der Waals surface area (Å²) in [5, 5.41) is 14.1. The number of carbonyl (C=O) groups excluding carboxylic acids is 2. The van der Waals surface area contributed by atoms with E-state index in [1.807, 2.05) is 26.0 Å². The summed E-state index contributed by atoms with van der Waals surface area (Å²) in [6.45, 7) is 4.78. The maximum Gasteiger partial charge on any atom is 0.234 e. The number of nitrogens with zero attached hydrogens (tertiary/aromatic N) is 3. The van der Waals surface area contributed by atoms with E-state index in [0.717, 1.165) is 0 Å². The molecular formula is C22H24FN5O3S. The minimum atomic E-state index is -0.508. The standard InChI is InChI=1S/C22H24FN5O3S/c1-3-28-19(13-20(29)24-16-10-6-5-9-15(16)23)26-27-22(28)32-14-21(30)25-17-11-7-8-12-18(17)31-4-2/h5-12H,3-4,13-14H2,1-2H3,(H,24,29)(H,25,30). The van der Waals surface area contributed by atoms with Gasteiger partial charge in [0, 0.05) is 6.54 Å². The molecule has 168 valence electrons. The summed E-state index contributed by atoms with van der Waals surface area (Å²) in [5.74, 6) is 0.0239. The second-order valence-corrected chi connectivity index (χ2v) is 7.56. The van der Waals surface area contributed by atoms with Gasteiger partial charge in [0.1, 0.15) is 17.4 Å². The molecule has 0 saturated carbocycles. The zero-order valence-corrected chi connectivity index (χ0v) is 18.6. The van der Waals surface area contributed by atoms with E-state index in [-0.39, 0.29) is 23.8 Å². The minimum absolute atomic E-state index is 0.0658. The van der Waals surface area contributed by atoms with Gasteiger partial charge in [-0.1, -0.05) is 36.0 Å². The molecule has 2 aromatic carbocycles. The third-order valence-corrected chi connectivity index (χ3v) is 5.34. The Morgan fingerprint density at radius 2 is 1.69 bits per heavy atom. The lowest BCUT2D eigenvalue weighted by Gasteiger charge is -2.11.